The molecule has 0 aromatic carbocycles. The lowest BCUT2D eigenvalue weighted by molar-refractivity contribution is 0.0690. The Morgan fingerprint density at radius 3 is 0.541 bits per heavy atom. The molecular formula is C34H81N3. The van der Waals surface area contributed by atoms with Crippen LogP contribution in [0.5, 0.6) is 0 Å². The number of nitrogens with zero attached hydrogens (tertiary/aromatic N) is 3. The predicted octanol–water partition coefficient (Wildman–Crippen LogP) is 10.8. The van der Waals surface area contributed by atoms with Crippen LogP contribution in [0.1, 0.15) is 170 Å². The van der Waals surface area contributed by atoms with E-state index >= 15 is 0 Å². The fourth-order valence-electron chi connectivity index (χ4n) is 3.94. The molecule has 0 saturated carbocycles. The second-order valence-corrected chi connectivity index (χ2v) is 11.6. The first-order valence-electron chi connectivity index (χ1n) is 16.6. The third kappa shape index (κ3) is 27.2. The quantitative estimate of drug-likeness (QED) is 0.308. The second-order valence-electron chi connectivity index (χ2n) is 11.6. The summed E-state index contributed by atoms with van der Waals surface area (Å²) in [5, 5.41) is 0. The molecule has 3 aliphatic rings. The van der Waals surface area contributed by atoms with Gasteiger partial charge in [0.2, 0.25) is 0 Å². The van der Waals surface area contributed by atoms with E-state index in [1.54, 1.807) is 0 Å². The molecule has 0 unspecified atom stereocenters. The molecule has 3 heterocycles. The summed E-state index contributed by atoms with van der Waals surface area (Å²) >= 11 is 0. The van der Waals surface area contributed by atoms with E-state index in [4.69, 9.17) is 0 Å². The van der Waals surface area contributed by atoms with E-state index in [-0.39, 0.29) is 0 Å². The van der Waals surface area contributed by atoms with Gasteiger partial charge in [0.15, 0.2) is 0 Å². The Labute approximate surface area is 240 Å². The summed E-state index contributed by atoms with van der Waals surface area (Å²) in [5.74, 6) is 0. The van der Waals surface area contributed by atoms with E-state index in [9.17, 15) is 0 Å². The van der Waals surface area contributed by atoms with Crippen molar-refractivity contribution in [3.8, 4) is 0 Å². The molecule has 37 heavy (non-hydrogen) atoms. The smallest absolute Gasteiger partial charge is 0.0125 e. The van der Waals surface area contributed by atoms with Crippen LogP contribution in [0.25, 0.3) is 0 Å². The van der Waals surface area contributed by atoms with Crippen LogP contribution in [0.3, 0.4) is 0 Å². The maximum absolute atomic E-state index is 2.58. The molecule has 0 amide bonds. The van der Waals surface area contributed by atoms with Crippen molar-refractivity contribution in [2.45, 2.75) is 187 Å². The van der Waals surface area contributed by atoms with Crippen molar-refractivity contribution in [2.75, 3.05) is 39.3 Å². The zero-order valence-electron chi connectivity index (χ0n) is 30.3. The lowest BCUT2D eigenvalue weighted by Gasteiger charge is -2.42. The molecule has 0 aliphatic carbocycles. The first kappa shape index (κ1) is 46.7. The topological polar surface area (TPSA) is 9.72 Å². The molecule has 3 saturated heterocycles. The fraction of sp³-hybridized carbons (Fsp3) is 1.00. The molecule has 0 atom stereocenters. The summed E-state index contributed by atoms with van der Waals surface area (Å²) in [6, 6.07) is 0. The van der Waals surface area contributed by atoms with Crippen molar-refractivity contribution < 1.29 is 0 Å². The van der Waals surface area contributed by atoms with Crippen molar-refractivity contribution in [2.24, 2.45) is 0 Å². The Hall–Kier alpha value is -0.120. The van der Waals surface area contributed by atoms with E-state index in [1.807, 2.05) is 69.2 Å². The van der Waals surface area contributed by atoms with Crippen molar-refractivity contribution >= 4 is 0 Å². The van der Waals surface area contributed by atoms with Crippen LogP contribution in [0.4, 0.5) is 0 Å². The normalized spacial score (nSPS) is 17.6. The number of rotatable bonds is 0. The highest BCUT2D eigenvalue weighted by molar-refractivity contribution is 4.82. The van der Waals surface area contributed by atoms with E-state index < -0.39 is 0 Å². The van der Waals surface area contributed by atoms with Gasteiger partial charge in [-0.25, -0.2) is 0 Å². The van der Waals surface area contributed by atoms with E-state index in [0.717, 1.165) is 0 Å². The van der Waals surface area contributed by atoms with Gasteiger partial charge in [0, 0.05) is 16.6 Å². The molecule has 3 nitrogen and oxygen atoms in total. The molecule has 3 fully saturated rings. The van der Waals surface area contributed by atoms with Gasteiger partial charge in [0.05, 0.1) is 0 Å². The van der Waals surface area contributed by atoms with Crippen LogP contribution in [0.15, 0.2) is 0 Å². The van der Waals surface area contributed by atoms with Gasteiger partial charge in [-0.3, -0.25) is 14.7 Å². The highest BCUT2D eigenvalue weighted by Gasteiger charge is 2.26. The Morgan fingerprint density at radius 1 is 0.270 bits per heavy atom. The highest BCUT2D eigenvalue weighted by atomic mass is 15.2. The molecular weight excluding hydrogens is 450 g/mol. The average molecular weight is 532 g/mol. The Bertz CT molecular complexity index is 383. The molecule has 0 aromatic rings. The Morgan fingerprint density at radius 2 is 0.432 bits per heavy atom. The average Bonchev–Trinajstić information content (AvgIpc) is 3.40. The van der Waals surface area contributed by atoms with Gasteiger partial charge in [0.25, 0.3) is 0 Å². The summed E-state index contributed by atoms with van der Waals surface area (Å²) in [5.41, 5.74) is 1.25. The number of likely N-dealkylation sites (tertiary alicyclic amines) is 3. The van der Waals surface area contributed by atoms with Gasteiger partial charge in [-0.2, -0.15) is 0 Å². The minimum Gasteiger partial charge on any atom is -0.298 e. The van der Waals surface area contributed by atoms with Crippen LogP contribution in [-0.4, -0.2) is 70.6 Å². The lowest BCUT2D eigenvalue weighted by atomic mass is 10.0. The summed E-state index contributed by atoms with van der Waals surface area (Å²) in [4.78, 5) is 7.62. The van der Waals surface area contributed by atoms with E-state index in [1.165, 1.54) is 77.8 Å². The third-order valence-electron chi connectivity index (χ3n) is 6.16. The standard InChI is InChI=1S/C9H19N.C8H17N.C7H15N.5C2H6/c1-9(2,3)10-7-5-4-6-8-10;1-8(2,3)9-6-4-5-7-9;1-7(2,3)8-5-4-6-8;5*1-2/h4-8H2,1-3H3;4-7H2,1-3H3;4-6H2,1-3H3;5*1-2H3. The highest BCUT2D eigenvalue weighted by Crippen LogP contribution is 2.20. The number of hydrogen-bond acceptors (Lipinski definition) is 3. The van der Waals surface area contributed by atoms with Crippen LogP contribution in [-0.2, 0) is 0 Å². The molecule has 0 bridgehead atoms. The zero-order valence-corrected chi connectivity index (χ0v) is 30.3. The largest absolute Gasteiger partial charge is 0.298 e. The first-order valence-corrected chi connectivity index (χ1v) is 16.6. The maximum Gasteiger partial charge on any atom is 0.0125 e. The van der Waals surface area contributed by atoms with Crippen LogP contribution in [0, 0.1) is 0 Å². The van der Waals surface area contributed by atoms with Crippen LogP contribution >= 0.6 is 0 Å². The van der Waals surface area contributed by atoms with Crippen molar-refractivity contribution in [3.05, 3.63) is 0 Å². The molecule has 0 spiro atoms. The van der Waals surface area contributed by atoms with Crippen molar-refractivity contribution in [1.82, 2.24) is 14.7 Å². The molecule has 0 aromatic heterocycles. The van der Waals surface area contributed by atoms with Gasteiger partial charge in [-0.15, -0.1) is 0 Å². The number of hydrogen-bond donors (Lipinski definition) is 0. The molecule has 232 valence electrons. The summed E-state index contributed by atoms with van der Waals surface area (Å²) in [6.45, 7) is 48.4. The molecule has 3 heteroatoms. The van der Waals surface area contributed by atoms with Gasteiger partial charge in [-0.1, -0.05) is 75.7 Å². The SMILES string of the molecule is CC.CC.CC.CC.CC.CC(C)(C)N1CCC1.CC(C)(C)N1CCCC1.CC(C)(C)N1CCCCC1. The third-order valence-corrected chi connectivity index (χ3v) is 6.16. The Kier molecular flexibility index (Phi) is 36.5. The van der Waals surface area contributed by atoms with Crippen molar-refractivity contribution in [3.63, 3.8) is 0 Å². The minimum absolute atomic E-state index is 0.403. The van der Waals surface area contributed by atoms with Crippen LogP contribution < -0.4 is 0 Å². The molecule has 0 N–H and O–H groups in total. The first-order chi connectivity index (χ1) is 17.3. The summed E-state index contributed by atoms with van der Waals surface area (Å²) in [6.07, 6.45) is 8.44. The molecule has 0 radical (unpaired) electrons. The van der Waals surface area contributed by atoms with Gasteiger partial charge in [0.1, 0.15) is 0 Å². The monoisotopic (exact) mass is 532 g/mol. The van der Waals surface area contributed by atoms with Gasteiger partial charge in [-0.05, 0) is 134 Å². The predicted molar refractivity (Wildman–Crippen MR) is 178 cm³/mol. The lowest BCUT2D eigenvalue weighted by Crippen LogP contribution is -2.49. The fourth-order valence-corrected chi connectivity index (χ4v) is 3.94. The number of piperidine rings is 1. The Balaban J connectivity index is -0.000000118. The second kappa shape index (κ2) is 28.9. The van der Waals surface area contributed by atoms with Crippen LogP contribution in [0.2, 0.25) is 0 Å². The van der Waals surface area contributed by atoms with Crippen molar-refractivity contribution in [1.29, 1.82) is 0 Å². The summed E-state index contributed by atoms with van der Waals surface area (Å²) in [7, 11) is 0. The van der Waals surface area contributed by atoms with Gasteiger partial charge >= 0.3 is 0 Å². The van der Waals surface area contributed by atoms with E-state index in [0.29, 0.717) is 16.6 Å². The van der Waals surface area contributed by atoms with E-state index in [2.05, 4.69) is 77.0 Å². The summed E-state index contributed by atoms with van der Waals surface area (Å²) < 4.78 is 0. The van der Waals surface area contributed by atoms with Gasteiger partial charge < -0.3 is 0 Å². The molecule has 3 aliphatic heterocycles. The molecule has 3 rings (SSSR count). The zero-order chi connectivity index (χ0) is 30.7. The minimum atomic E-state index is 0.403. The maximum atomic E-state index is 2.58.